The largest absolute Gasteiger partial charge is 0.335 e. The predicted octanol–water partition coefficient (Wildman–Crippen LogP) is 5.90. The maximum atomic E-state index is 14.0. The van der Waals surface area contributed by atoms with Gasteiger partial charge in [-0.15, -0.1) is 0 Å². The number of nitrogens with one attached hydrogen (secondary N) is 1. The van der Waals surface area contributed by atoms with Gasteiger partial charge in [-0.2, -0.15) is 0 Å². The van der Waals surface area contributed by atoms with Crippen molar-refractivity contribution in [1.82, 2.24) is 10.2 Å². The van der Waals surface area contributed by atoms with Crippen LogP contribution in [-0.2, 0) is 4.79 Å². The van der Waals surface area contributed by atoms with Gasteiger partial charge in [0.15, 0.2) is 0 Å². The average molecular weight is 489 g/mol. The van der Waals surface area contributed by atoms with Crippen LogP contribution in [0.3, 0.4) is 0 Å². The van der Waals surface area contributed by atoms with E-state index in [1.54, 1.807) is 0 Å². The van der Waals surface area contributed by atoms with Gasteiger partial charge in [-0.1, -0.05) is 88.7 Å². The number of piperidine rings is 1. The molecule has 1 unspecified atom stereocenters. The van der Waals surface area contributed by atoms with Gasteiger partial charge in [0.1, 0.15) is 0 Å². The molecule has 0 aromatic heterocycles. The molecule has 2 aliphatic rings. The summed E-state index contributed by atoms with van der Waals surface area (Å²) < 4.78 is 1.07. The molecule has 3 aromatic carbocycles. The average Bonchev–Trinajstić information content (AvgIpc) is 3.34. The summed E-state index contributed by atoms with van der Waals surface area (Å²) in [5, 5.41) is 3.49. The van der Waals surface area contributed by atoms with Gasteiger partial charge in [0.05, 0.1) is 12.0 Å². The normalized spacial score (nSPS) is 25.6. The zero-order valence-electron chi connectivity index (χ0n) is 18.2. The molecular weight excluding hydrogens is 460 g/mol. The Kier molecular flexibility index (Phi) is 6.42. The van der Waals surface area contributed by atoms with Crippen molar-refractivity contribution in [2.75, 3.05) is 19.6 Å². The highest BCUT2D eigenvalue weighted by Crippen LogP contribution is 2.41. The Morgan fingerprint density at radius 1 is 0.844 bits per heavy atom. The Hall–Kier alpha value is -2.43. The van der Waals surface area contributed by atoms with Gasteiger partial charge in [-0.3, -0.25) is 4.79 Å². The SMILES string of the molecule is O=C([C@@H]1CNCC1c1cccc(Br)c1)N1CC[C@@H](c2ccccc2)C[C@@H]1c1ccccc1. The molecule has 2 saturated heterocycles. The van der Waals surface area contributed by atoms with E-state index in [2.05, 4.69) is 105 Å². The Morgan fingerprint density at radius 2 is 1.53 bits per heavy atom. The lowest BCUT2D eigenvalue weighted by molar-refractivity contribution is -0.139. The third-order valence-electron chi connectivity index (χ3n) is 7.15. The highest BCUT2D eigenvalue weighted by atomic mass is 79.9. The van der Waals surface area contributed by atoms with Crippen molar-refractivity contribution >= 4 is 21.8 Å². The molecule has 1 N–H and O–H groups in total. The highest BCUT2D eigenvalue weighted by molar-refractivity contribution is 9.10. The molecule has 0 spiro atoms. The third kappa shape index (κ3) is 4.39. The van der Waals surface area contributed by atoms with Gasteiger partial charge >= 0.3 is 0 Å². The summed E-state index contributed by atoms with van der Waals surface area (Å²) in [5.74, 6) is 0.959. The Bertz CT molecular complexity index is 1060. The number of carbonyl (C=O) groups excluding carboxylic acids is 1. The van der Waals surface area contributed by atoms with Gasteiger partial charge in [-0.05, 0) is 47.6 Å². The molecule has 0 bridgehead atoms. The Morgan fingerprint density at radius 3 is 2.25 bits per heavy atom. The van der Waals surface area contributed by atoms with Crippen molar-refractivity contribution in [3.63, 3.8) is 0 Å². The van der Waals surface area contributed by atoms with E-state index in [4.69, 9.17) is 0 Å². The van der Waals surface area contributed by atoms with Crippen LogP contribution in [0.15, 0.2) is 89.4 Å². The molecule has 0 saturated carbocycles. The summed E-state index contributed by atoms with van der Waals surface area (Å²) in [5.41, 5.74) is 3.86. The number of hydrogen-bond donors (Lipinski definition) is 1. The van der Waals surface area contributed by atoms with Crippen LogP contribution in [-0.4, -0.2) is 30.4 Å². The smallest absolute Gasteiger partial charge is 0.228 e. The van der Waals surface area contributed by atoms with Crippen molar-refractivity contribution in [3.05, 3.63) is 106 Å². The minimum absolute atomic E-state index is 0.0243. The Balaban J connectivity index is 1.42. The van der Waals surface area contributed by atoms with E-state index in [-0.39, 0.29) is 17.9 Å². The molecule has 0 radical (unpaired) electrons. The van der Waals surface area contributed by atoms with Crippen molar-refractivity contribution in [3.8, 4) is 0 Å². The van der Waals surface area contributed by atoms with Gasteiger partial charge < -0.3 is 10.2 Å². The zero-order valence-corrected chi connectivity index (χ0v) is 19.7. The number of nitrogens with zero attached hydrogens (tertiary/aromatic N) is 1. The van der Waals surface area contributed by atoms with E-state index in [1.165, 1.54) is 16.7 Å². The van der Waals surface area contributed by atoms with Gasteiger partial charge in [0.2, 0.25) is 5.91 Å². The van der Waals surface area contributed by atoms with E-state index in [0.717, 1.165) is 36.9 Å². The second-order valence-electron chi connectivity index (χ2n) is 9.02. The molecule has 2 heterocycles. The molecule has 5 rings (SSSR count). The fourth-order valence-electron chi connectivity index (χ4n) is 5.49. The zero-order chi connectivity index (χ0) is 21.9. The lowest BCUT2D eigenvalue weighted by Crippen LogP contribution is -2.45. The molecular formula is C28H29BrN2O. The van der Waals surface area contributed by atoms with E-state index in [9.17, 15) is 4.79 Å². The standard InChI is InChI=1S/C28H29BrN2O/c29-24-13-7-12-23(16-24)25-18-30-19-26(25)28(32)31-15-14-22(20-8-3-1-4-9-20)17-27(31)21-10-5-2-6-11-21/h1-13,16,22,25-27,30H,14-15,17-19H2/t22-,25?,26-,27-/m1/s1. The quantitative estimate of drug-likeness (QED) is 0.495. The van der Waals surface area contributed by atoms with Crippen molar-refractivity contribution in [1.29, 1.82) is 0 Å². The first-order valence-corrected chi connectivity index (χ1v) is 12.4. The third-order valence-corrected chi connectivity index (χ3v) is 7.64. The molecule has 2 fully saturated rings. The van der Waals surface area contributed by atoms with Crippen LogP contribution < -0.4 is 5.32 Å². The number of carbonyl (C=O) groups is 1. The summed E-state index contributed by atoms with van der Waals surface area (Å²) in [6.07, 6.45) is 1.99. The number of hydrogen-bond acceptors (Lipinski definition) is 2. The van der Waals surface area contributed by atoms with Gasteiger partial charge in [0.25, 0.3) is 0 Å². The molecule has 32 heavy (non-hydrogen) atoms. The maximum Gasteiger partial charge on any atom is 0.228 e. The monoisotopic (exact) mass is 488 g/mol. The van der Waals surface area contributed by atoms with Crippen LogP contribution in [0, 0.1) is 5.92 Å². The molecule has 2 aliphatic heterocycles. The number of halogens is 1. The Labute approximate surface area is 199 Å². The van der Waals surface area contributed by atoms with E-state index < -0.39 is 0 Å². The minimum atomic E-state index is -0.0243. The van der Waals surface area contributed by atoms with Crippen LogP contribution in [0.25, 0.3) is 0 Å². The lowest BCUT2D eigenvalue weighted by Gasteiger charge is -2.42. The van der Waals surface area contributed by atoms with E-state index >= 15 is 0 Å². The molecule has 1 amide bonds. The second-order valence-corrected chi connectivity index (χ2v) is 9.93. The number of amides is 1. The summed E-state index contributed by atoms with van der Waals surface area (Å²) >= 11 is 3.60. The van der Waals surface area contributed by atoms with Crippen LogP contribution in [0.4, 0.5) is 0 Å². The van der Waals surface area contributed by atoms with E-state index in [1.807, 2.05) is 6.07 Å². The maximum absolute atomic E-state index is 14.0. The summed E-state index contributed by atoms with van der Waals surface area (Å²) in [6, 6.07) is 29.9. The predicted molar refractivity (Wildman–Crippen MR) is 133 cm³/mol. The van der Waals surface area contributed by atoms with Crippen molar-refractivity contribution < 1.29 is 4.79 Å². The second kappa shape index (κ2) is 9.60. The fraction of sp³-hybridized carbons (Fsp3) is 0.321. The van der Waals surface area contributed by atoms with Crippen LogP contribution in [0.1, 0.15) is 47.4 Å². The van der Waals surface area contributed by atoms with Gasteiger partial charge in [0, 0.05) is 30.0 Å². The van der Waals surface area contributed by atoms with Crippen LogP contribution in [0.5, 0.6) is 0 Å². The topological polar surface area (TPSA) is 32.3 Å². The van der Waals surface area contributed by atoms with Gasteiger partial charge in [-0.25, -0.2) is 0 Å². The molecule has 3 nitrogen and oxygen atoms in total. The minimum Gasteiger partial charge on any atom is -0.335 e. The first-order valence-electron chi connectivity index (χ1n) is 11.6. The van der Waals surface area contributed by atoms with E-state index in [0.29, 0.717) is 11.8 Å². The molecule has 4 atom stereocenters. The molecule has 4 heteroatoms. The fourth-order valence-corrected chi connectivity index (χ4v) is 5.90. The van der Waals surface area contributed by atoms with Crippen LogP contribution in [0.2, 0.25) is 0 Å². The summed E-state index contributed by atoms with van der Waals surface area (Å²) in [7, 11) is 0. The number of likely N-dealkylation sites (tertiary alicyclic amines) is 1. The summed E-state index contributed by atoms with van der Waals surface area (Å²) in [6.45, 7) is 2.40. The highest BCUT2D eigenvalue weighted by Gasteiger charge is 2.41. The first kappa shape index (κ1) is 21.4. The lowest BCUT2D eigenvalue weighted by atomic mass is 9.81. The van der Waals surface area contributed by atoms with Crippen molar-refractivity contribution in [2.45, 2.75) is 30.7 Å². The first-order chi connectivity index (χ1) is 15.7. The number of benzene rings is 3. The van der Waals surface area contributed by atoms with Crippen molar-refractivity contribution in [2.24, 2.45) is 5.92 Å². The molecule has 164 valence electrons. The van der Waals surface area contributed by atoms with Crippen LogP contribution >= 0.6 is 15.9 Å². The molecule has 3 aromatic rings. The molecule has 0 aliphatic carbocycles. The summed E-state index contributed by atoms with van der Waals surface area (Å²) in [4.78, 5) is 16.1. The number of rotatable bonds is 4.